The summed E-state index contributed by atoms with van der Waals surface area (Å²) in [6, 6.07) is 12.0. The Balaban J connectivity index is 0.757. The molecule has 0 fully saturated rings. The number of ether oxygens (including phenoxy) is 8. The van der Waals surface area contributed by atoms with Gasteiger partial charge in [0.25, 0.3) is 6.01 Å². The zero-order chi connectivity index (χ0) is 44.1. The van der Waals surface area contributed by atoms with Crippen LogP contribution in [0, 0.1) is 0 Å². The fraction of sp³-hybridized carbons (Fsp3) is 0.535. The number of aromatic nitrogens is 5. The van der Waals surface area contributed by atoms with Crippen molar-refractivity contribution in [3.05, 3.63) is 59.4 Å². The first-order chi connectivity index (χ1) is 30.9. The summed E-state index contributed by atoms with van der Waals surface area (Å²) in [5.74, 6) is 0.333. The zero-order valence-corrected chi connectivity index (χ0v) is 35.9. The third-order valence-corrected chi connectivity index (χ3v) is 9.89. The molecule has 2 amide bonds. The molecule has 1 aliphatic rings. The topological polar surface area (TPSA) is 245 Å². The van der Waals surface area contributed by atoms with Crippen LogP contribution < -0.4 is 16.8 Å². The molecule has 0 unspecified atom stereocenters. The fourth-order valence-electron chi connectivity index (χ4n) is 6.78. The van der Waals surface area contributed by atoms with E-state index in [0.717, 1.165) is 23.1 Å². The summed E-state index contributed by atoms with van der Waals surface area (Å²) in [6.07, 6.45) is 2.50. The van der Waals surface area contributed by atoms with Gasteiger partial charge in [0.1, 0.15) is 23.4 Å². The molecule has 5 N–H and O–H groups in total. The molecular formula is C43H59N9O11. The van der Waals surface area contributed by atoms with Crippen LogP contribution >= 0.6 is 0 Å². The molecule has 1 aliphatic heterocycles. The molecule has 0 aliphatic carbocycles. The van der Waals surface area contributed by atoms with Gasteiger partial charge < -0.3 is 64.0 Å². The Morgan fingerprint density at radius 3 is 1.95 bits per heavy atom. The van der Waals surface area contributed by atoms with Crippen molar-refractivity contribution in [1.29, 1.82) is 0 Å². The van der Waals surface area contributed by atoms with Crippen LogP contribution in [0.3, 0.4) is 0 Å². The van der Waals surface area contributed by atoms with Crippen molar-refractivity contribution in [1.82, 2.24) is 34.9 Å². The molecule has 0 radical (unpaired) electrons. The smallest absolute Gasteiger partial charge is 0.292 e. The summed E-state index contributed by atoms with van der Waals surface area (Å²) in [5, 5.41) is 8.24. The minimum atomic E-state index is -0.0694. The van der Waals surface area contributed by atoms with Crippen LogP contribution in [0.15, 0.2) is 47.1 Å². The number of fused-ring (bicyclic) bond motifs is 3. The maximum absolute atomic E-state index is 13.0. The normalized spacial score (nSPS) is 12.7. The largest absolute Gasteiger partial charge is 0.424 e. The number of nitrogens with zero attached hydrogens (tertiary/aromatic N) is 6. The summed E-state index contributed by atoms with van der Waals surface area (Å²) in [7, 11) is 0. The number of carbonyl (C=O) groups is 2. The Hall–Kier alpha value is -5.32. The molecule has 4 heterocycles. The Kier molecular flexibility index (Phi) is 19.2. The highest BCUT2D eigenvalue weighted by molar-refractivity contribution is 5.99. The Bertz CT molecular complexity index is 2180. The van der Waals surface area contributed by atoms with Gasteiger partial charge in [-0.3, -0.25) is 9.59 Å². The second kappa shape index (κ2) is 25.7. The Labute approximate surface area is 365 Å². The molecule has 20 heteroatoms. The molecule has 0 bridgehead atoms. The number of rotatable bonds is 30. The van der Waals surface area contributed by atoms with Crippen molar-refractivity contribution in [3.8, 4) is 11.3 Å². The third kappa shape index (κ3) is 15.2. The van der Waals surface area contributed by atoms with Crippen molar-refractivity contribution in [2.75, 3.05) is 130 Å². The molecule has 2 aromatic carbocycles. The molecule has 6 rings (SSSR count). The monoisotopic (exact) mass is 877 g/mol. The second-order valence-corrected chi connectivity index (χ2v) is 14.5. The average molecular weight is 878 g/mol. The van der Waals surface area contributed by atoms with Gasteiger partial charge >= 0.3 is 0 Å². The predicted octanol–water partition coefficient (Wildman–Crippen LogP) is 2.39. The number of hydrogen-bond donors (Lipinski definition) is 3. The van der Waals surface area contributed by atoms with Gasteiger partial charge in [0.05, 0.1) is 124 Å². The number of amides is 2. The van der Waals surface area contributed by atoms with Gasteiger partial charge in [0.2, 0.25) is 11.8 Å². The highest BCUT2D eigenvalue weighted by atomic mass is 16.6. The van der Waals surface area contributed by atoms with Gasteiger partial charge in [0.15, 0.2) is 11.2 Å². The number of hydrogen-bond acceptors (Lipinski definition) is 17. The lowest BCUT2D eigenvalue weighted by atomic mass is 9.97. The average Bonchev–Trinajstić information content (AvgIpc) is 3.85. The minimum Gasteiger partial charge on any atom is -0.424 e. The number of nitrogens with one attached hydrogen (secondary N) is 1. The minimum absolute atomic E-state index is 0.0647. The van der Waals surface area contributed by atoms with Gasteiger partial charge in [-0.15, -0.1) is 0 Å². The summed E-state index contributed by atoms with van der Waals surface area (Å²) < 4.78 is 51.3. The molecule has 0 saturated carbocycles. The molecule has 0 atom stereocenters. The first-order valence-corrected chi connectivity index (χ1v) is 21.2. The number of anilines is 2. The predicted molar refractivity (Wildman–Crippen MR) is 232 cm³/mol. The lowest BCUT2D eigenvalue weighted by Gasteiger charge is -2.29. The summed E-state index contributed by atoms with van der Waals surface area (Å²) in [4.78, 5) is 38.7. The molecule has 20 nitrogen and oxygen atoms in total. The molecule has 0 spiro atoms. The van der Waals surface area contributed by atoms with Crippen molar-refractivity contribution < 1.29 is 51.9 Å². The Morgan fingerprint density at radius 1 is 0.730 bits per heavy atom. The van der Waals surface area contributed by atoms with Crippen LogP contribution in [0.25, 0.3) is 33.4 Å². The van der Waals surface area contributed by atoms with E-state index >= 15 is 0 Å². The molecule has 342 valence electrons. The van der Waals surface area contributed by atoms with Gasteiger partial charge in [-0.05, 0) is 41.3 Å². The number of oxazole rings is 1. The van der Waals surface area contributed by atoms with Crippen LogP contribution in [0.4, 0.5) is 11.8 Å². The molecule has 0 saturated heterocycles. The first-order valence-electron chi connectivity index (χ1n) is 21.2. The van der Waals surface area contributed by atoms with Crippen molar-refractivity contribution >= 4 is 45.8 Å². The van der Waals surface area contributed by atoms with Crippen LogP contribution in [0.2, 0.25) is 0 Å². The van der Waals surface area contributed by atoms with Crippen molar-refractivity contribution in [2.24, 2.45) is 0 Å². The number of nitrogens with two attached hydrogens (primary N) is 2. The highest BCUT2D eigenvalue weighted by Gasteiger charge is 2.22. The van der Waals surface area contributed by atoms with E-state index in [0.29, 0.717) is 172 Å². The van der Waals surface area contributed by atoms with E-state index in [-0.39, 0.29) is 17.8 Å². The van der Waals surface area contributed by atoms with E-state index in [4.69, 9.17) is 58.9 Å². The van der Waals surface area contributed by atoms with Crippen LogP contribution in [-0.2, 0) is 67.0 Å². The summed E-state index contributed by atoms with van der Waals surface area (Å²) >= 11 is 0. The Morgan fingerprint density at radius 2 is 1.33 bits per heavy atom. The zero-order valence-electron chi connectivity index (χ0n) is 35.9. The van der Waals surface area contributed by atoms with E-state index in [1.54, 1.807) is 6.07 Å². The SMILES string of the molecule is CC(=O)NCCOCCOCCOCCOCCOCCOCCOCCOCCC(=O)N1CCc2cc(Cn3nc(-c4ccc5oc(N)nc5c4)c4c(N)ncnc43)ccc2C1. The van der Waals surface area contributed by atoms with Crippen molar-refractivity contribution in [3.63, 3.8) is 0 Å². The fourth-order valence-corrected chi connectivity index (χ4v) is 6.78. The summed E-state index contributed by atoms with van der Waals surface area (Å²) in [5.41, 5.74) is 18.8. The molecule has 63 heavy (non-hydrogen) atoms. The summed E-state index contributed by atoms with van der Waals surface area (Å²) in [6.45, 7) is 10.9. The van der Waals surface area contributed by atoms with E-state index < -0.39 is 0 Å². The van der Waals surface area contributed by atoms with E-state index in [1.807, 2.05) is 21.7 Å². The van der Waals surface area contributed by atoms with E-state index in [9.17, 15) is 9.59 Å². The highest BCUT2D eigenvalue weighted by Crippen LogP contribution is 2.33. The quantitative estimate of drug-likeness (QED) is 0.0561. The maximum Gasteiger partial charge on any atom is 0.292 e. The van der Waals surface area contributed by atoms with Crippen molar-refractivity contribution in [2.45, 2.75) is 32.9 Å². The van der Waals surface area contributed by atoms with Gasteiger partial charge in [-0.1, -0.05) is 18.2 Å². The number of benzene rings is 2. The molecule has 3 aromatic heterocycles. The van der Waals surface area contributed by atoms with E-state index in [2.05, 4.69) is 38.5 Å². The third-order valence-electron chi connectivity index (χ3n) is 9.89. The van der Waals surface area contributed by atoms with Crippen LogP contribution in [0.5, 0.6) is 0 Å². The lowest BCUT2D eigenvalue weighted by Crippen LogP contribution is -2.36. The van der Waals surface area contributed by atoms with Gasteiger partial charge in [-0.25, -0.2) is 14.6 Å². The molecular weight excluding hydrogens is 819 g/mol. The number of nitrogen functional groups attached to an aromatic ring is 2. The van der Waals surface area contributed by atoms with Gasteiger partial charge in [0, 0.05) is 32.1 Å². The maximum atomic E-state index is 13.0. The van der Waals surface area contributed by atoms with E-state index in [1.165, 1.54) is 18.8 Å². The standard InChI is InChI=1S/C43H59N9O11/c1-31(53)46-8-11-56-13-15-58-17-19-60-21-23-62-25-24-61-22-20-59-18-16-57-14-12-55-10-7-38(54)51-9-6-33-26-32(2-3-35(33)29-51)28-52-42-39(41(44)47-30-48-42)40(50-52)34-4-5-37-36(27-34)49-43(45)63-37/h2-5,26-27,30H,6-25,28-29H2,1H3,(H2,45,49)(H,46,53)(H2,44,47,48). The van der Waals surface area contributed by atoms with Gasteiger partial charge in [-0.2, -0.15) is 10.1 Å². The first kappa shape index (κ1) is 47.2. The van der Waals surface area contributed by atoms with Crippen LogP contribution in [-0.4, -0.2) is 160 Å². The molecule has 5 aromatic rings. The number of carbonyl (C=O) groups excluding carboxylic acids is 2. The lowest BCUT2D eigenvalue weighted by molar-refractivity contribution is -0.133. The second-order valence-electron chi connectivity index (χ2n) is 14.5. The van der Waals surface area contributed by atoms with Crippen LogP contribution in [0.1, 0.15) is 30.0 Å².